The molecule has 1 heterocycles. The Morgan fingerprint density at radius 2 is 1.95 bits per heavy atom. The van der Waals surface area contributed by atoms with Crippen molar-refractivity contribution >= 4 is 20.9 Å². The summed E-state index contributed by atoms with van der Waals surface area (Å²) in [5.74, 6) is 1.57. The molecule has 0 amide bonds. The zero-order valence-electron chi connectivity index (χ0n) is 10.3. The molecule has 2 aromatic carbocycles. The van der Waals surface area contributed by atoms with Crippen molar-refractivity contribution in [2.45, 2.75) is 13.3 Å². The second-order valence-corrected chi connectivity index (χ2v) is 5.73. The molecule has 19 heavy (non-hydrogen) atoms. The van der Waals surface area contributed by atoms with Gasteiger partial charge < -0.3 is 9.84 Å². The molecular formula is C13H14O5S. The Morgan fingerprint density at radius 3 is 2.53 bits per heavy atom. The molecule has 6 heteroatoms. The molecule has 0 saturated carbocycles. The van der Waals surface area contributed by atoms with Crippen LogP contribution >= 0.6 is 0 Å². The number of hydrogen-bond donors (Lipinski definition) is 2. The second kappa shape index (κ2) is 5.07. The van der Waals surface area contributed by atoms with Crippen LogP contribution in [0.25, 0.3) is 10.8 Å². The zero-order chi connectivity index (χ0) is 14.0. The third-order valence-corrected chi connectivity index (χ3v) is 3.50. The van der Waals surface area contributed by atoms with Crippen LogP contribution in [0.3, 0.4) is 0 Å². The molecule has 5 nitrogen and oxygen atoms in total. The highest BCUT2D eigenvalue weighted by atomic mass is 32.2. The summed E-state index contributed by atoms with van der Waals surface area (Å²) < 4.78 is 32.6. The average molecular weight is 282 g/mol. The van der Waals surface area contributed by atoms with Crippen molar-refractivity contribution in [3.8, 4) is 17.2 Å². The largest absolute Gasteiger partial charge is 0.504 e. The van der Waals surface area contributed by atoms with E-state index in [4.69, 9.17) is 9.29 Å². The van der Waals surface area contributed by atoms with E-state index in [1.807, 2.05) is 30.3 Å². The SMILES string of the molecule is CCCS(=O)(=O)O.Oc1c2c(cc3ccccc13)O2. The molecule has 0 radical (unpaired) electrons. The molecule has 1 aliphatic heterocycles. The monoisotopic (exact) mass is 282 g/mol. The summed E-state index contributed by atoms with van der Waals surface area (Å²) in [6.07, 6.45) is 0.471. The van der Waals surface area contributed by atoms with Gasteiger partial charge >= 0.3 is 0 Å². The van der Waals surface area contributed by atoms with Gasteiger partial charge in [-0.2, -0.15) is 8.42 Å². The van der Waals surface area contributed by atoms with Crippen LogP contribution in [0.15, 0.2) is 30.3 Å². The van der Waals surface area contributed by atoms with E-state index in [2.05, 4.69) is 0 Å². The lowest BCUT2D eigenvalue weighted by Crippen LogP contribution is -2.01. The van der Waals surface area contributed by atoms with Gasteiger partial charge in [0.2, 0.25) is 5.75 Å². The second-order valence-electron chi connectivity index (χ2n) is 4.16. The Hall–Kier alpha value is -1.79. The highest BCUT2D eigenvalue weighted by Crippen LogP contribution is 2.55. The number of phenolic OH excluding ortho intramolecular Hbond substituents is 1. The number of aromatic hydroxyl groups is 1. The minimum Gasteiger partial charge on any atom is -0.504 e. The molecular weight excluding hydrogens is 268 g/mol. The van der Waals surface area contributed by atoms with Gasteiger partial charge in [0.15, 0.2) is 11.5 Å². The van der Waals surface area contributed by atoms with E-state index in [9.17, 15) is 13.5 Å². The summed E-state index contributed by atoms with van der Waals surface area (Å²) in [6.45, 7) is 1.69. The van der Waals surface area contributed by atoms with Crippen LogP contribution in [0.2, 0.25) is 0 Å². The Labute approximate surface area is 111 Å². The number of rotatable bonds is 2. The number of phenols is 1. The summed E-state index contributed by atoms with van der Waals surface area (Å²) in [7, 11) is -3.67. The quantitative estimate of drug-likeness (QED) is 0.557. The van der Waals surface area contributed by atoms with E-state index in [1.165, 1.54) is 0 Å². The fourth-order valence-corrected chi connectivity index (χ4v) is 2.22. The number of fused-ring (bicyclic) bond motifs is 2. The summed E-state index contributed by atoms with van der Waals surface area (Å²) in [5.41, 5.74) is 0. The first-order chi connectivity index (χ1) is 8.92. The molecule has 0 bridgehead atoms. The fraction of sp³-hybridized carbons (Fsp3) is 0.231. The standard InChI is InChI=1S/C10H6O2.C3H8O3S/c11-9-7-4-2-1-3-6(7)5-8-10(9)12-8;1-2-3-7(4,5)6/h1-5,11H;2-3H2,1H3,(H,4,5,6). The Kier molecular flexibility index (Phi) is 3.64. The van der Waals surface area contributed by atoms with Gasteiger partial charge in [-0.05, 0) is 17.9 Å². The predicted molar refractivity (Wildman–Crippen MR) is 72.4 cm³/mol. The maximum atomic E-state index is 9.79. The number of hydrogen-bond acceptors (Lipinski definition) is 4. The van der Waals surface area contributed by atoms with Gasteiger partial charge in [0.25, 0.3) is 10.1 Å². The van der Waals surface area contributed by atoms with Crippen LogP contribution in [-0.4, -0.2) is 23.8 Å². The van der Waals surface area contributed by atoms with Crippen molar-refractivity contribution in [3.63, 3.8) is 0 Å². The van der Waals surface area contributed by atoms with E-state index in [0.717, 1.165) is 16.5 Å². The average Bonchev–Trinajstić information content (AvgIpc) is 3.08. The minimum absolute atomic E-state index is 0.132. The Morgan fingerprint density at radius 1 is 1.26 bits per heavy atom. The van der Waals surface area contributed by atoms with Crippen LogP contribution < -0.4 is 4.74 Å². The van der Waals surface area contributed by atoms with E-state index in [-0.39, 0.29) is 11.5 Å². The van der Waals surface area contributed by atoms with Crippen molar-refractivity contribution < 1.29 is 22.8 Å². The van der Waals surface area contributed by atoms with E-state index in [1.54, 1.807) is 6.92 Å². The molecule has 0 fully saturated rings. The lowest BCUT2D eigenvalue weighted by atomic mass is 10.1. The summed E-state index contributed by atoms with van der Waals surface area (Å²) >= 11 is 0. The third kappa shape index (κ3) is 3.36. The van der Waals surface area contributed by atoms with Gasteiger partial charge in [-0.3, -0.25) is 4.55 Å². The van der Waals surface area contributed by atoms with Crippen molar-refractivity contribution in [3.05, 3.63) is 30.3 Å². The summed E-state index contributed by atoms with van der Waals surface area (Å²) in [4.78, 5) is 0. The normalized spacial score (nSPS) is 12.1. The van der Waals surface area contributed by atoms with Gasteiger partial charge in [0.05, 0.1) is 5.75 Å². The Bertz CT molecular complexity index is 706. The van der Waals surface area contributed by atoms with Crippen LogP contribution in [0.4, 0.5) is 0 Å². The first-order valence-electron chi connectivity index (χ1n) is 5.80. The number of benzene rings is 2. The molecule has 102 valence electrons. The van der Waals surface area contributed by atoms with E-state index >= 15 is 0 Å². The van der Waals surface area contributed by atoms with Crippen molar-refractivity contribution in [2.75, 3.05) is 5.75 Å². The lowest BCUT2D eigenvalue weighted by Gasteiger charge is -1.94. The van der Waals surface area contributed by atoms with Crippen LogP contribution in [0, 0.1) is 0 Å². The molecule has 1 aliphatic rings. The zero-order valence-corrected chi connectivity index (χ0v) is 11.1. The molecule has 0 aromatic heterocycles. The van der Waals surface area contributed by atoms with Crippen LogP contribution in [0.5, 0.6) is 17.2 Å². The van der Waals surface area contributed by atoms with Gasteiger partial charge in [-0.1, -0.05) is 31.2 Å². The van der Waals surface area contributed by atoms with Gasteiger partial charge in [-0.25, -0.2) is 0 Å². The molecule has 0 aliphatic carbocycles. The maximum absolute atomic E-state index is 9.79. The smallest absolute Gasteiger partial charge is 0.264 e. The first kappa shape index (κ1) is 13.6. The molecule has 0 saturated heterocycles. The fourth-order valence-electron chi connectivity index (χ4n) is 1.70. The van der Waals surface area contributed by atoms with Crippen molar-refractivity contribution in [1.29, 1.82) is 0 Å². The topological polar surface area (TPSA) is 87.1 Å². The third-order valence-electron chi connectivity index (χ3n) is 2.57. The first-order valence-corrected chi connectivity index (χ1v) is 7.41. The lowest BCUT2D eigenvalue weighted by molar-refractivity contribution is 0.469. The minimum atomic E-state index is -3.67. The van der Waals surface area contributed by atoms with Gasteiger partial charge in [-0.15, -0.1) is 0 Å². The molecule has 2 aromatic rings. The summed E-state index contributed by atoms with van der Waals surface area (Å²) in [5, 5.41) is 11.5. The molecule has 3 rings (SSSR count). The molecule has 2 N–H and O–H groups in total. The maximum Gasteiger partial charge on any atom is 0.264 e. The summed E-state index contributed by atoms with van der Waals surface area (Å²) in [6, 6.07) is 9.61. The highest BCUT2D eigenvalue weighted by Gasteiger charge is 2.26. The Balaban J connectivity index is 0.000000167. The van der Waals surface area contributed by atoms with Crippen molar-refractivity contribution in [2.24, 2.45) is 0 Å². The van der Waals surface area contributed by atoms with E-state index < -0.39 is 10.1 Å². The molecule has 0 spiro atoms. The van der Waals surface area contributed by atoms with Crippen LogP contribution in [0.1, 0.15) is 13.3 Å². The number of ether oxygens (including phenoxy) is 1. The van der Waals surface area contributed by atoms with Crippen molar-refractivity contribution in [1.82, 2.24) is 0 Å². The molecule has 0 unspecified atom stereocenters. The van der Waals surface area contributed by atoms with E-state index in [0.29, 0.717) is 12.2 Å². The predicted octanol–water partition coefficient (Wildman–Crippen LogP) is 2.94. The molecule has 0 atom stereocenters. The van der Waals surface area contributed by atoms with Gasteiger partial charge in [0.1, 0.15) is 0 Å². The van der Waals surface area contributed by atoms with Crippen LogP contribution in [-0.2, 0) is 10.1 Å². The van der Waals surface area contributed by atoms with Gasteiger partial charge in [0, 0.05) is 5.39 Å². The highest BCUT2D eigenvalue weighted by molar-refractivity contribution is 7.85.